The quantitative estimate of drug-likeness (QED) is 0.848. The van der Waals surface area contributed by atoms with Gasteiger partial charge in [-0.15, -0.1) is 11.8 Å². The van der Waals surface area contributed by atoms with Gasteiger partial charge in [0.15, 0.2) is 0 Å². The van der Waals surface area contributed by atoms with Crippen molar-refractivity contribution < 1.29 is 9.59 Å². The molecule has 1 aliphatic heterocycles. The lowest BCUT2D eigenvalue weighted by Gasteiger charge is -2.26. The molecule has 26 heavy (non-hydrogen) atoms. The van der Waals surface area contributed by atoms with Crippen LogP contribution in [0, 0.1) is 13.8 Å². The maximum Gasteiger partial charge on any atom is 0.319 e. The zero-order chi connectivity index (χ0) is 18.7. The Balaban J connectivity index is 1.91. The van der Waals surface area contributed by atoms with E-state index in [1.54, 1.807) is 11.8 Å². The minimum Gasteiger partial charge on any atom is -0.338 e. The molecule has 6 heteroatoms. The molecule has 2 N–H and O–H groups in total. The maximum absolute atomic E-state index is 12.6. The summed E-state index contributed by atoms with van der Waals surface area (Å²) in [4.78, 5) is 26.2. The Hall–Kier alpha value is -2.47. The summed E-state index contributed by atoms with van der Waals surface area (Å²) >= 11 is 1.61. The molecule has 136 valence electrons. The molecule has 1 unspecified atom stereocenters. The van der Waals surface area contributed by atoms with Gasteiger partial charge in [-0.3, -0.25) is 9.69 Å². The van der Waals surface area contributed by atoms with Gasteiger partial charge in [-0.25, -0.2) is 4.79 Å². The number of rotatable bonds is 4. The summed E-state index contributed by atoms with van der Waals surface area (Å²) in [6, 6.07) is 13.6. The molecule has 1 fully saturated rings. The summed E-state index contributed by atoms with van der Waals surface area (Å²) in [6.45, 7) is 6.50. The van der Waals surface area contributed by atoms with Crippen LogP contribution in [0.2, 0.25) is 0 Å². The zero-order valence-corrected chi connectivity index (χ0v) is 16.0. The molecule has 1 heterocycles. The van der Waals surface area contributed by atoms with Crippen molar-refractivity contribution in [1.29, 1.82) is 0 Å². The summed E-state index contributed by atoms with van der Waals surface area (Å²) in [5, 5.41) is 5.45. The van der Waals surface area contributed by atoms with Gasteiger partial charge in [0, 0.05) is 17.9 Å². The number of carbonyl (C=O) groups is 2. The molecule has 3 rings (SSSR count). The number of thioether (sulfide) groups is 1. The molecule has 0 spiro atoms. The van der Waals surface area contributed by atoms with E-state index in [2.05, 4.69) is 22.8 Å². The first kappa shape index (κ1) is 18.3. The van der Waals surface area contributed by atoms with Crippen LogP contribution in [0.5, 0.6) is 0 Å². The number of benzene rings is 2. The van der Waals surface area contributed by atoms with Crippen molar-refractivity contribution in [3.8, 4) is 0 Å². The molecular formula is C20H23N3O2S. The number of hydrogen-bond acceptors (Lipinski definition) is 3. The molecule has 1 aliphatic rings. The topological polar surface area (TPSA) is 61.4 Å². The van der Waals surface area contributed by atoms with Gasteiger partial charge in [0.05, 0.1) is 5.75 Å². The lowest BCUT2D eigenvalue weighted by Crippen LogP contribution is -2.29. The molecule has 2 aromatic rings. The molecule has 2 aromatic carbocycles. The summed E-state index contributed by atoms with van der Waals surface area (Å²) in [5.41, 5.74) is 4.87. The summed E-state index contributed by atoms with van der Waals surface area (Å²) < 4.78 is 0. The number of nitrogens with zero attached hydrogens (tertiary/aromatic N) is 1. The molecule has 0 bridgehead atoms. The second-order valence-electron chi connectivity index (χ2n) is 6.33. The molecule has 3 amide bonds. The molecule has 1 atom stereocenters. The zero-order valence-electron chi connectivity index (χ0n) is 15.2. The Labute approximate surface area is 158 Å². The van der Waals surface area contributed by atoms with E-state index in [1.807, 2.05) is 56.0 Å². The van der Waals surface area contributed by atoms with Crippen molar-refractivity contribution in [2.45, 2.75) is 26.1 Å². The normalized spacial score (nSPS) is 16.7. The highest BCUT2D eigenvalue weighted by Gasteiger charge is 2.34. The third kappa shape index (κ3) is 3.85. The third-order valence-electron chi connectivity index (χ3n) is 4.26. The smallest absolute Gasteiger partial charge is 0.319 e. The molecule has 0 aliphatic carbocycles. The van der Waals surface area contributed by atoms with E-state index in [-0.39, 0.29) is 17.3 Å². The van der Waals surface area contributed by atoms with E-state index in [1.165, 1.54) is 0 Å². The average molecular weight is 369 g/mol. The van der Waals surface area contributed by atoms with E-state index in [9.17, 15) is 9.59 Å². The number of carbonyl (C=O) groups excluding carboxylic acids is 2. The highest BCUT2D eigenvalue weighted by atomic mass is 32.2. The fourth-order valence-electron chi connectivity index (χ4n) is 3.02. The van der Waals surface area contributed by atoms with Gasteiger partial charge in [-0.05, 0) is 55.7 Å². The van der Waals surface area contributed by atoms with E-state index < -0.39 is 0 Å². The van der Waals surface area contributed by atoms with Gasteiger partial charge in [-0.1, -0.05) is 24.3 Å². The predicted molar refractivity (Wildman–Crippen MR) is 108 cm³/mol. The van der Waals surface area contributed by atoms with Gasteiger partial charge in [0.1, 0.15) is 5.37 Å². The Morgan fingerprint density at radius 1 is 1.23 bits per heavy atom. The van der Waals surface area contributed by atoms with Gasteiger partial charge < -0.3 is 10.6 Å². The molecule has 0 aromatic heterocycles. The van der Waals surface area contributed by atoms with Gasteiger partial charge in [-0.2, -0.15) is 0 Å². The Morgan fingerprint density at radius 2 is 2.04 bits per heavy atom. The van der Waals surface area contributed by atoms with Crippen LogP contribution in [-0.2, 0) is 4.79 Å². The van der Waals surface area contributed by atoms with Gasteiger partial charge >= 0.3 is 6.03 Å². The van der Waals surface area contributed by atoms with Crippen molar-refractivity contribution in [2.24, 2.45) is 0 Å². The first-order valence-corrected chi connectivity index (χ1v) is 9.70. The lowest BCUT2D eigenvalue weighted by molar-refractivity contribution is -0.115. The Bertz CT molecular complexity index is 838. The SMILES string of the molecule is CCNC(=O)Nc1cccc(C2SCC(=O)N2c2cc(C)ccc2C)c1. The first-order valence-electron chi connectivity index (χ1n) is 8.65. The minimum absolute atomic E-state index is 0.0982. The Kier molecular flexibility index (Phi) is 5.52. The average Bonchev–Trinajstić information content (AvgIpc) is 2.99. The second-order valence-corrected chi connectivity index (χ2v) is 7.40. The monoisotopic (exact) mass is 369 g/mol. The largest absolute Gasteiger partial charge is 0.338 e. The van der Waals surface area contributed by atoms with Crippen LogP contribution in [0.4, 0.5) is 16.2 Å². The van der Waals surface area contributed by atoms with Crippen molar-refractivity contribution in [3.63, 3.8) is 0 Å². The number of hydrogen-bond donors (Lipinski definition) is 2. The van der Waals surface area contributed by atoms with Crippen LogP contribution in [-0.4, -0.2) is 24.2 Å². The summed E-state index contributed by atoms with van der Waals surface area (Å²) in [5.74, 6) is 0.558. The molecule has 0 saturated carbocycles. The first-order chi connectivity index (χ1) is 12.5. The van der Waals surface area contributed by atoms with E-state index in [4.69, 9.17) is 0 Å². The standard InChI is InChI=1S/C20H23N3O2S/c1-4-21-20(25)22-16-7-5-6-15(11-16)19-23(18(24)12-26-19)17-10-13(2)8-9-14(17)3/h5-11,19H,4,12H2,1-3H3,(H2,21,22,25). The van der Waals surface area contributed by atoms with Crippen LogP contribution in [0.1, 0.15) is 29.0 Å². The van der Waals surface area contributed by atoms with Crippen molar-refractivity contribution in [1.82, 2.24) is 5.32 Å². The van der Waals surface area contributed by atoms with E-state index >= 15 is 0 Å². The number of anilines is 2. The summed E-state index contributed by atoms with van der Waals surface area (Å²) in [6.07, 6.45) is 0. The number of amides is 3. The van der Waals surface area contributed by atoms with Crippen molar-refractivity contribution in [2.75, 3.05) is 22.5 Å². The van der Waals surface area contributed by atoms with Crippen molar-refractivity contribution in [3.05, 3.63) is 59.2 Å². The van der Waals surface area contributed by atoms with Gasteiger partial charge in [0.2, 0.25) is 5.91 Å². The molecule has 5 nitrogen and oxygen atoms in total. The maximum atomic E-state index is 12.6. The molecule has 0 radical (unpaired) electrons. The lowest BCUT2D eigenvalue weighted by atomic mass is 10.1. The number of nitrogens with one attached hydrogen (secondary N) is 2. The number of urea groups is 1. The summed E-state index contributed by atoms with van der Waals surface area (Å²) in [7, 11) is 0. The van der Waals surface area contributed by atoms with Crippen LogP contribution < -0.4 is 15.5 Å². The van der Waals surface area contributed by atoms with E-state index in [0.29, 0.717) is 18.0 Å². The molecular weight excluding hydrogens is 346 g/mol. The fourth-order valence-corrected chi connectivity index (χ4v) is 4.17. The van der Waals surface area contributed by atoms with Crippen molar-refractivity contribution >= 4 is 35.1 Å². The highest BCUT2D eigenvalue weighted by Crippen LogP contribution is 2.43. The van der Waals surface area contributed by atoms with Crippen LogP contribution >= 0.6 is 11.8 Å². The Morgan fingerprint density at radius 3 is 2.81 bits per heavy atom. The van der Waals surface area contributed by atoms with Crippen LogP contribution in [0.3, 0.4) is 0 Å². The second kappa shape index (κ2) is 7.83. The number of aryl methyl sites for hydroxylation is 2. The third-order valence-corrected chi connectivity index (χ3v) is 5.47. The van der Waals surface area contributed by atoms with Gasteiger partial charge in [0.25, 0.3) is 0 Å². The predicted octanol–water partition coefficient (Wildman–Crippen LogP) is 4.22. The van der Waals surface area contributed by atoms with Crippen LogP contribution in [0.15, 0.2) is 42.5 Å². The fraction of sp³-hybridized carbons (Fsp3) is 0.300. The van der Waals surface area contributed by atoms with E-state index in [0.717, 1.165) is 22.4 Å². The highest BCUT2D eigenvalue weighted by molar-refractivity contribution is 8.00. The van der Waals surface area contributed by atoms with Crippen LogP contribution in [0.25, 0.3) is 0 Å². The minimum atomic E-state index is -0.230. The molecule has 1 saturated heterocycles.